The lowest BCUT2D eigenvalue weighted by Crippen LogP contribution is -2.15. The molecule has 76 valence electrons. The first-order valence-corrected chi connectivity index (χ1v) is 4.20. The van der Waals surface area contributed by atoms with Crippen molar-refractivity contribution in [3.63, 3.8) is 0 Å². The third-order valence-electron chi connectivity index (χ3n) is 1.58. The first kappa shape index (κ1) is 10.5. The topological polar surface area (TPSA) is 71.2 Å². The second-order valence-corrected chi connectivity index (χ2v) is 2.73. The van der Waals surface area contributed by atoms with Crippen LogP contribution in [0.1, 0.15) is 6.42 Å². The summed E-state index contributed by atoms with van der Waals surface area (Å²) in [5.41, 5.74) is -0.147. The van der Waals surface area contributed by atoms with E-state index in [1.165, 1.54) is 25.4 Å². The fourth-order valence-electron chi connectivity index (χ4n) is 0.925. The van der Waals surface area contributed by atoms with Crippen molar-refractivity contribution in [2.24, 2.45) is 0 Å². The average molecular weight is 196 g/mol. The summed E-state index contributed by atoms with van der Waals surface area (Å²) >= 11 is 0. The molecule has 2 N–H and O–H groups in total. The Hall–Kier alpha value is -1.62. The van der Waals surface area contributed by atoms with Crippen molar-refractivity contribution >= 4 is 11.7 Å². The lowest BCUT2D eigenvalue weighted by molar-refractivity contribution is -0.117. The smallest absolute Gasteiger partial charge is 0.227 e. The van der Waals surface area contributed by atoms with Gasteiger partial charge < -0.3 is 15.0 Å². The monoisotopic (exact) mass is 196 g/mol. The zero-order chi connectivity index (χ0) is 10.4. The minimum Gasteiger partial charge on any atom is -0.384 e. The number of methoxy groups -OCH3 is 1. The van der Waals surface area contributed by atoms with Crippen molar-refractivity contribution in [3.8, 4) is 0 Å². The maximum absolute atomic E-state index is 11.2. The van der Waals surface area contributed by atoms with E-state index in [0.717, 1.165) is 0 Å². The van der Waals surface area contributed by atoms with Gasteiger partial charge >= 0.3 is 0 Å². The van der Waals surface area contributed by atoms with Gasteiger partial charge in [0.2, 0.25) is 5.91 Å². The van der Waals surface area contributed by atoms with Crippen LogP contribution in [0, 0.1) is 0 Å². The Balaban J connectivity index is 2.52. The minimum atomic E-state index is -0.186. The molecule has 1 amide bonds. The molecule has 1 rings (SSSR count). The largest absolute Gasteiger partial charge is 0.384 e. The summed E-state index contributed by atoms with van der Waals surface area (Å²) in [5.74, 6) is 0.215. The average Bonchev–Trinajstić information content (AvgIpc) is 2.15. The summed E-state index contributed by atoms with van der Waals surface area (Å²) in [5, 5.41) is 2.54. The molecule has 0 aliphatic carbocycles. The summed E-state index contributed by atoms with van der Waals surface area (Å²) < 4.78 is 4.74. The number of carbonyl (C=O) groups is 1. The summed E-state index contributed by atoms with van der Waals surface area (Å²) in [6.45, 7) is 0.364. The quantitative estimate of drug-likeness (QED) is 0.729. The molecule has 0 unspecified atom stereocenters. The van der Waals surface area contributed by atoms with Crippen LogP contribution < -0.4 is 10.7 Å². The van der Waals surface area contributed by atoms with Gasteiger partial charge in [-0.2, -0.15) is 0 Å². The normalized spacial score (nSPS) is 9.79. The Morgan fingerprint density at radius 2 is 2.43 bits per heavy atom. The highest BCUT2D eigenvalue weighted by molar-refractivity contribution is 5.89. The van der Waals surface area contributed by atoms with Crippen LogP contribution in [-0.2, 0) is 9.53 Å². The highest BCUT2D eigenvalue weighted by atomic mass is 16.5. The zero-order valence-electron chi connectivity index (χ0n) is 7.87. The van der Waals surface area contributed by atoms with Crippen LogP contribution in [-0.4, -0.2) is 24.6 Å². The fourth-order valence-corrected chi connectivity index (χ4v) is 0.925. The van der Waals surface area contributed by atoms with Crippen molar-refractivity contribution in [1.82, 2.24) is 4.98 Å². The van der Waals surface area contributed by atoms with Gasteiger partial charge in [-0.05, 0) is 0 Å². The highest BCUT2D eigenvalue weighted by Gasteiger charge is 2.01. The van der Waals surface area contributed by atoms with E-state index in [9.17, 15) is 9.59 Å². The van der Waals surface area contributed by atoms with Crippen LogP contribution in [0.5, 0.6) is 0 Å². The summed E-state index contributed by atoms with van der Waals surface area (Å²) in [6, 6.07) is 2.70. The molecule has 0 spiro atoms. The molecule has 5 nitrogen and oxygen atoms in total. The van der Waals surface area contributed by atoms with Crippen LogP contribution in [0.15, 0.2) is 23.1 Å². The first-order chi connectivity index (χ1) is 6.72. The number of carbonyl (C=O) groups excluding carboxylic acids is 1. The summed E-state index contributed by atoms with van der Waals surface area (Å²) in [4.78, 5) is 24.8. The van der Waals surface area contributed by atoms with Gasteiger partial charge in [0.15, 0.2) is 5.43 Å². The van der Waals surface area contributed by atoms with E-state index in [4.69, 9.17) is 4.74 Å². The SMILES string of the molecule is COCCC(=O)Nc1cc(=O)cc[nH]1. The lowest BCUT2D eigenvalue weighted by Gasteiger charge is -2.03. The Labute approximate surface area is 81.1 Å². The molecule has 0 fully saturated rings. The Kier molecular flexibility index (Phi) is 3.87. The maximum Gasteiger partial charge on any atom is 0.227 e. The second kappa shape index (κ2) is 5.18. The van der Waals surface area contributed by atoms with Gasteiger partial charge in [-0.1, -0.05) is 0 Å². The predicted octanol–water partition coefficient (Wildman–Crippen LogP) is 0.350. The Morgan fingerprint density at radius 1 is 1.64 bits per heavy atom. The van der Waals surface area contributed by atoms with Crippen LogP contribution in [0.4, 0.5) is 5.82 Å². The van der Waals surface area contributed by atoms with Gasteiger partial charge in [0.1, 0.15) is 5.82 Å². The number of nitrogens with one attached hydrogen (secondary N) is 2. The minimum absolute atomic E-state index is 0.147. The second-order valence-electron chi connectivity index (χ2n) is 2.73. The van der Waals surface area contributed by atoms with Crippen LogP contribution in [0.25, 0.3) is 0 Å². The van der Waals surface area contributed by atoms with Crippen LogP contribution >= 0.6 is 0 Å². The lowest BCUT2D eigenvalue weighted by atomic mass is 10.4. The van der Waals surface area contributed by atoms with Crippen molar-refractivity contribution in [1.29, 1.82) is 0 Å². The molecule has 0 saturated heterocycles. The van der Waals surface area contributed by atoms with E-state index in [1.807, 2.05) is 0 Å². The molecule has 0 atom stereocenters. The molecule has 0 aliphatic heterocycles. The van der Waals surface area contributed by atoms with Gasteiger partial charge in [-0.3, -0.25) is 9.59 Å². The van der Waals surface area contributed by atoms with Gasteiger partial charge in [0.05, 0.1) is 13.0 Å². The Morgan fingerprint density at radius 3 is 3.07 bits per heavy atom. The van der Waals surface area contributed by atoms with Crippen molar-refractivity contribution in [2.75, 3.05) is 19.0 Å². The van der Waals surface area contributed by atoms with Gasteiger partial charge in [-0.15, -0.1) is 0 Å². The predicted molar refractivity (Wildman–Crippen MR) is 52.2 cm³/mol. The highest BCUT2D eigenvalue weighted by Crippen LogP contribution is 1.97. The molecule has 0 bridgehead atoms. The third-order valence-corrected chi connectivity index (χ3v) is 1.58. The van der Waals surface area contributed by atoms with E-state index in [-0.39, 0.29) is 17.8 Å². The molecule has 1 aromatic heterocycles. The Bertz CT molecular complexity index is 359. The number of ether oxygens (including phenoxy) is 1. The fraction of sp³-hybridized carbons (Fsp3) is 0.333. The molecule has 0 radical (unpaired) electrons. The van der Waals surface area contributed by atoms with Gasteiger partial charge in [-0.25, -0.2) is 0 Å². The zero-order valence-corrected chi connectivity index (χ0v) is 7.87. The summed E-state index contributed by atoms with van der Waals surface area (Å²) in [6.07, 6.45) is 1.75. The van der Waals surface area contributed by atoms with E-state index < -0.39 is 0 Å². The molecular weight excluding hydrogens is 184 g/mol. The molecule has 1 heterocycles. The number of H-pyrrole nitrogens is 1. The molecular formula is C9H12N2O3. The van der Waals surface area contributed by atoms with Crippen LogP contribution in [0.2, 0.25) is 0 Å². The third kappa shape index (κ3) is 3.40. The number of hydrogen-bond acceptors (Lipinski definition) is 3. The molecule has 0 aliphatic rings. The van der Waals surface area contributed by atoms with E-state index in [2.05, 4.69) is 10.3 Å². The number of anilines is 1. The van der Waals surface area contributed by atoms with Crippen molar-refractivity contribution in [2.45, 2.75) is 6.42 Å². The van der Waals surface area contributed by atoms with E-state index in [1.54, 1.807) is 0 Å². The van der Waals surface area contributed by atoms with Crippen LogP contribution in [0.3, 0.4) is 0 Å². The van der Waals surface area contributed by atoms with Gasteiger partial charge in [0.25, 0.3) is 0 Å². The van der Waals surface area contributed by atoms with E-state index >= 15 is 0 Å². The van der Waals surface area contributed by atoms with Gasteiger partial charge in [0, 0.05) is 25.4 Å². The number of amides is 1. The number of aromatic amines is 1. The molecule has 0 aromatic carbocycles. The number of pyridine rings is 1. The molecule has 1 aromatic rings. The van der Waals surface area contributed by atoms with E-state index in [0.29, 0.717) is 12.4 Å². The number of aromatic nitrogens is 1. The molecule has 14 heavy (non-hydrogen) atoms. The van der Waals surface area contributed by atoms with Crippen molar-refractivity contribution in [3.05, 3.63) is 28.6 Å². The standard InChI is InChI=1S/C9H12N2O3/c1-14-5-3-9(13)11-8-6-7(12)2-4-10-8/h2,4,6H,3,5H2,1H3,(H2,10,11,12,13). The first-order valence-electron chi connectivity index (χ1n) is 4.20. The summed E-state index contributed by atoms with van der Waals surface area (Å²) in [7, 11) is 1.53. The molecule has 0 saturated carbocycles. The number of hydrogen-bond donors (Lipinski definition) is 2. The number of rotatable bonds is 4. The van der Waals surface area contributed by atoms with Crippen molar-refractivity contribution < 1.29 is 9.53 Å². The maximum atomic E-state index is 11.2. The molecule has 5 heteroatoms.